The van der Waals surface area contributed by atoms with Crippen molar-refractivity contribution in [1.82, 2.24) is 5.32 Å². The Morgan fingerprint density at radius 1 is 1.27 bits per heavy atom. The monoisotopic (exact) mass is 214 g/mol. The minimum Gasteiger partial charge on any atom is -0.368 e. The van der Waals surface area contributed by atoms with Gasteiger partial charge in [0.05, 0.1) is 6.04 Å². The molecule has 15 heavy (non-hydrogen) atoms. The minimum atomic E-state index is -0.243. The molecule has 0 aromatic carbocycles. The van der Waals surface area contributed by atoms with Crippen molar-refractivity contribution >= 4 is 5.91 Å². The lowest BCUT2D eigenvalue weighted by molar-refractivity contribution is -0.121. The fourth-order valence-corrected chi connectivity index (χ4v) is 1.69. The van der Waals surface area contributed by atoms with Gasteiger partial charge in [-0.15, -0.1) is 0 Å². The number of rotatable bonds is 8. The first kappa shape index (κ1) is 14.4. The van der Waals surface area contributed by atoms with Crippen molar-refractivity contribution in [3.63, 3.8) is 0 Å². The molecule has 3 N–H and O–H groups in total. The SMILES string of the molecule is CCCCCC(C)NC(C(N)=O)C(C)C. The third-order valence-corrected chi connectivity index (χ3v) is 2.68. The zero-order valence-electron chi connectivity index (χ0n) is 10.5. The van der Waals surface area contributed by atoms with E-state index in [-0.39, 0.29) is 17.9 Å². The van der Waals surface area contributed by atoms with Gasteiger partial charge in [0.2, 0.25) is 5.91 Å². The van der Waals surface area contributed by atoms with E-state index in [0.717, 1.165) is 6.42 Å². The van der Waals surface area contributed by atoms with Crippen LogP contribution in [0, 0.1) is 5.92 Å². The second-order valence-electron chi connectivity index (χ2n) is 4.69. The number of nitrogens with two attached hydrogens (primary N) is 1. The predicted octanol–water partition coefficient (Wildman–Crippen LogP) is 2.05. The lowest BCUT2D eigenvalue weighted by Gasteiger charge is -2.23. The van der Waals surface area contributed by atoms with Gasteiger partial charge in [0, 0.05) is 6.04 Å². The molecular formula is C12H26N2O. The number of unbranched alkanes of at least 4 members (excludes halogenated alkanes) is 2. The number of hydrogen-bond donors (Lipinski definition) is 2. The molecule has 0 saturated carbocycles. The van der Waals surface area contributed by atoms with Crippen LogP contribution in [0.3, 0.4) is 0 Å². The molecule has 3 nitrogen and oxygen atoms in total. The summed E-state index contributed by atoms with van der Waals surface area (Å²) in [7, 11) is 0. The van der Waals surface area contributed by atoms with Gasteiger partial charge in [-0.1, -0.05) is 40.0 Å². The summed E-state index contributed by atoms with van der Waals surface area (Å²) >= 11 is 0. The van der Waals surface area contributed by atoms with Crippen molar-refractivity contribution in [2.24, 2.45) is 11.7 Å². The fraction of sp³-hybridized carbons (Fsp3) is 0.917. The first-order valence-electron chi connectivity index (χ1n) is 6.04. The Kier molecular flexibility index (Phi) is 7.39. The lowest BCUT2D eigenvalue weighted by atomic mass is 10.0. The molecule has 90 valence electrons. The van der Waals surface area contributed by atoms with Crippen LogP contribution in [-0.2, 0) is 4.79 Å². The quantitative estimate of drug-likeness (QED) is 0.608. The molecule has 3 heteroatoms. The van der Waals surface area contributed by atoms with Gasteiger partial charge in [-0.05, 0) is 19.3 Å². The second-order valence-corrected chi connectivity index (χ2v) is 4.69. The van der Waals surface area contributed by atoms with Crippen LogP contribution in [-0.4, -0.2) is 18.0 Å². The Bertz CT molecular complexity index is 180. The third kappa shape index (κ3) is 6.50. The molecule has 0 heterocycles. The van der Waals surface area contributed by atoms with E-state index in [0.29, 0.717) is 6.04 Å². The number of primary amides is 1. The highest BCUT2D eigenvalue weighted by atomic mass is 16.1. The van der Waals surface area contributed by atoms with Crippen molar-refractivity contribution in [2.75, 3.05) is 0 Å². The van der Waals surface area contributed by atoms with Crippen molar-refractivity contribution in [3.05, 3.63) is 0 Å². The maximum absolute atomic E-state index is 11.2. The minimum absolute atomic E-state index is 0.193. The average Bonchev–Trinajstić information content (AvgIpc) is 2.13. The van der Waals surface area contributed by atoms with Gasteiger partial charge in [0.25, 0.3) is 0 Å². The molecule has 0 aromatic rings. The van der Waals surface area contributed by atoms with E-state index < -0.39 is 0 Å². The summed E-state index contributed by atoms with van der Waals surface area (Å²) in [5.41, 5.74) is 5.34. The molecule has 0 saturated heterocycles. The first-order chi connectivity index (χ1) is 6.99. The molecule has 0 aromatic heterocycles. The summed E-state index contributed by atoms with van der Waals surface area (Å²) in [6.45, 7) is 8.34. The van der Waals surface area contributed by atoms with E-state index in [4.69, 9.17) is 5.73 Å². The molecule has 2 unspecified atom stereocenters. The molecule has 0 bridgehead atoms. The normalized spacial score (nSPS) is 15.3. The molecule has 0 aliphatic rings. The zero-order valence-corrected chi connectivity index (χ0v) is 10.5. The Morgan fingerprint density at radius 2 is 1.87 bits per heavy atom. The Balaban J connectivity index is 3.89. The van der Waals surface area contributed by atoms with Gasteiger partial charge in [-0.25, -0.2) is 0 Å². The molecule has 0 rings (SSSR count). The summed E-state index contributed by atoms with van der Waals surface area (Å²) in [4.78, 5) is 11.2. The highest BCUT2D eigenvalue weighted by molar-refractivity contribution is 5.80. The van der Waals surface area contributed by atoms with Crippen LogP contribution in [0.5, 0.6) is 0 Å². The van der Waals surface area contributed by atoms with Crippen LogP contribution in [0.25, 0.3) is 0 Å². The van der Waals surface area contributed by atoms with Crippen molar-refractivity contribution in [2.45, 2.75) is 65.5 Å². The molecule has 0 aliphatic heterocycles. The number of carbonyl (C=O) groups excluding carboxylic acids is 1. The van der Waals surface area contributed by atoms with Crippen molar-refractivity contribution < 1.29 is 4.79 Å². The maximum Gasteiger partial charge on any atom is 0.234 e. The number of carbonyl (C=O) groups is 1. The zero-order chi connectivity index (χ0) is 11.8. The highest BCUT2D eigenvalue weighted by Gasteiger charge is 2.20. The highest BCUT2D eigenvalue weighted by Crippen LogP contribution is 2.07. The molecule has 0 fully saturated rings. The predicted molar refractivity (Wildman–Crippen MR) is 64.6 cm³/mol. The van der Waals surface area contributed by atoms with Crippen molar-refractivity contribution in [3.8, 4) is 0 Å². The number of hydrogen-bond acceptors (Lipinski definition) is 2. The second kappa shape index (κ2) is 7.69. The molecule has 0 radical (unpaired) electrons. The number of nitrogens with one attached hydrogen (secondary N) is 1. The van der Waals surface area contributed by atoms with Crippen LogP contribution in [0.1, 0.15) is 53.4 Å². The largest absolute Gasteiger partial charge is 0.368 e. The summed E-state index contributed by atoms with van der Waals surface area (Å²) in [5.74, 6) is 0.0171. The molecular weight excluding hydrogens is 188 g/mol. The van der Waals surface area contributed by atoms with E-state index in [1.807, 2.05) is 13.8 Å². The van der Waals surface area contributed by atoms with Gasteiger partial charge in [-0.3, -0.25) is 4.79 Å². The van der Waals surface area contributed by atoms with Crippen LogP contribution < -0.4 is 11.1 Å². The average molecular weight is 214 g/mol. The maximum atomic E-state index is 11.2. The summed E-state index contributed by atoms with van der Waals surface area (Å²) in [6, 6.07) is 0.179. The summed E-state index contributed by atoms with van der Waals surface area (Å²) < 4.78 is 0. The standard InChI is InChI=1S/C12H26N2O/c1-5-6-7-8-10(4)14-11(9(2)3)12(13)15/h9-11,14H,5-8H2,1-4H3,(H2,13,15). The molecule has 2 atom stereocenters. The van der Waals surface area contributed by atoms with E-state index >= 15 is 0 Å². The fourth-order valence-electron chi connectivity index (χ4n) is 1.69. The van der Waals surface area contributed by atoms with Crippen LogP contribution >= 0.6 is 0 Å². The molecule has 1 amide bonds. The number of amides is 1. The summed E-state index contributed by atoms with van der Waals surface area (Å²) in [6.07, 6.45) is 4.82. The van der Waals surface area contributed by atoms with E-state index in [1.165, 1.54) is 19.3 Å². The van der Waals surface area contributed by atoms with Crippen LogP contribution in [0.4, 0.5) is 0 Å². The summed E-state index contributed by atoms with van der Waals surface area (Å²) in [5, 5.41) is 3.30. The van der Waals surface area contributed by atoms with Gasteiger partial charge in [0.15, 0.2) is 0 Å². The topological polar surface area (TPSA) is 55.1 Å². The smallest absolute Gasteiger partial charge is 0.234 e. The van der Waals surface area contributed by atoms with E-state index in [9.17, 15) is 4.79 Å². The van der Waals surface area contributed by atoms with Gasteiger partial charge in [0.1, 0.15) is 0 Å². The van der Waals surface area contributed by atoms with E-state index in [2.05, 4.69) is 19.2 Å². The molecule has 0 spiro atoms. The Labute approximate surface area is 93.8 Å². The van der Waals surface area contributed by atoms with Gasteiger partial charge in [-0.2, -0.15) is 0 Å². The van der Waals surface area contributed by atoms with E-state index in [1.54, 1.807) is 0 Å². The third-order valence-electron chi connectivity index (χ3n) is 2.68. The van der Waals surface area contributed by atoms with Crippen LogP contribution in [0.2, 0.25) is 0 Å². The Morgan fingerprint density at radius 3 is 2.27 bits per heavy atom. The van der Waals surface area contributed by atoms with Crippen LogP contribution in [0.15, 0.2) is 0 Å². The van der Waals surface area contributed by atoms with Gasteiger partial charge >= 0.3 is 0 Å². The molecule has 0 aliphatic carbocycles. The Hall–Kier alpha value is -0.570. The lowest BCUT2D eigenvalue weighted by Crippen LogP contribution is -2.48. The van der Waals surface area contributed by atoms with Gasteiger partial charge < -0.3 is 11.1 Å². The van der Waals surface area contributed by atoms with Crippen molar-refractivity contribution in [1.29, 1.82) is 0 Å². The first-order valence-corrected chi connectivity index (χ1v) is 6.04.